The molecule has 3 nitrogen and oxygen atoms in total. The minimum absolute atomic E-state index is 0.130. The van der Waals surface area contributed by atoms with Crippen LogP contribution in [-0.2, 0) is 9.53 Å². The first-order chi connectivity index (χ1) is 6.09. The lowest BCUT2D eigenvalue weighted by Gasteiger charge is -2.38. The van der Waals surface area contributed by atoms with Crippen LogP contribution < -0.4 is 0 Å². The molecule has 0 unspecified atom stereocenters. The molecule has 1 heterocycles. The molecule has 0 N–H and O–H groups in total. The summed E-state index contributed by atoms with van der Waals surface area (Å²) in [6.45, 7) is 5.90. The van der Waals surface area contributed by atoms with Gasteiger partial charge in [0.25, 0.3) is 0 Å². The van der Waals surface area contributed by atoms with Gasteiger partial charge in [0.2, 0.25) is 0 Å². The van der Waals surface area contributed by atoms with Gasteiger partial charge in [0, 0.05) is 0 Å². The first-order valence-electron chi connectivity index (χ1n) is 4.92. The summed E-state index contributed by atoms with van der Waals surface area (Å²) in [6.07, 6.45) is 3.68. The topological polar surface area (TPSA) is 29.5 Å². The van der Waals surface area contributed by atoms with E-state index in [2.05, 4.69) is 4.90 Å². The fraction of sp³-hybridized carbons (Fsp3) is 0.900. The third-order valence-corrected chi connectivity index (χ3v) is 2.83. The predicted molar refractivity (Wildman–Crippen MR) is 51.5 cm³/mol. The smallest absolute Gasteiger partial charge is 0.325 e. The van der Waals surface area contributed by atoms with Crippen LogP contribution in [0.3, 0.4) is 0 Å². The van der Waals surface area contributed by atoms with Crippen LogP contribution in [0.2, 0.25) is 0 Å². The van der Waals surface area contributed by atoms with Crippen molar-refractivity contribution in [2.75, 3.05) is 20.2 Å². The third kappa shape index (κ3) is 2.21. The van der Waals surface area contributed by atoms with Crippen molar-refractivity contribution in [2.45, 2.75) is 38.6 Å². The Balaban J connectivity index is 2.60. The molecule has 3 heteroatoms. The number of likely N-dealkylation sites (tertiary alicyclic amines) is 1. The molecule has 0 aromatic rings. The lowest BCUT2D eigenvalue weighted by molar-refractivity contribution is -0.153. The predicted octanol–water partition coefficient (Wildman–Crippen LogP) is 1.42. The third-order valence-electron chi connectivity index (χ3n) is 2.83. The Kier molecular flexibility index (Phi) is 3.31. The normalized spacial score (nSPS) is 19.9. The molecule has 0 aliphatic carbocycles. The number of carbonyl (C=O) groups excluding carboxylic acids is 1. The summed E-state index contributed by atoms with van der Waals surface area (Å²) in [5.41, 5.74) is -0.449. The monoisotopic (exact) mass is 185 g/mol. The summed E-state index contributed by atoms with van der Waals surface area (Å²) in [4.78, 5) is 13.7. The molecule has 0 spiro atoms. The summed E-state index contributed by atoms with van der Waals surface area (Å²) >= 11 is 0. The van der Waals surface area contributed by atoms with E-state index < -0.39 is 5.54 Å². The Morgan fingerprint density at radius 1 is 1.23 bits per heavy atom. The summed E-state index contributed by atoms with van der Waals surface area (Å²) in [5, 5.41) is 0. The zero-order chi connectivity index (χ0) is 9.90. The van der Waals surface area contributed by atoms with Gasteiger partial charge in [-0.3, -0.25) is 9.69 Å². The molecule has 0 saturated carbocycles. The zero-order valence-electron chi connectivity index (χ0n) is 8.80. The number of piperidine rings is 1. The maximum absolute atomic E-state index is 11.5. The SMILES string of the molecule is COC(=O)C(C)(C)N1CCCCC1. The molecular formula is C10H19NO2. The molecule has 0 bridgehead atoms. The fourth-order valence-electron chi connectivity index (χ4n) is 1.83. The van der Waals surface area contributed by atoms with Gasteiger partial charge in [0.1, 0.15) is 5.54 Å². The molecule has 0 aromatic carbocycles. The molecule has 1 fully saturated rings. The highest BCUT2D eigenvalue weighted by Gasteiger charge is 2.35. The highest BCUT2D eigenvalue weighted by molar-refractivity contribution is 5.79. The van der Waals surface area contributed by atoms with Crippen LogP contribution in [0, 0.1) is 0 Å². The van der Waals surface area contributed by atoms with Crippen LogP contribution in [0.5, 0.6) is 0 Å². The van der Waals surface area contributed by atoms with Crippen LogP contribution in [0.15, 0.2) is 0 Å². The first kappa shape index (κ1) is 10.5. The zero-order valence-corrected chi connectivity index (χ0v) is 8.80. The van der Waals surface area contributed by atoms with Crippen LogP contribution >= 0.6 is 0 Å². The van der Waals surface area contributed by atoms with Gasteiger partial charge in [-0.15, -0.1) is 0 Å². The van der Waals surface area contributed by atoms with Crippen LogP contribution in [0.4, 0.5) is 0 Å². The highest BCUT2D eigenvalue weighted by atomic mass is 16.5. The van der Waals surface area contributed by atoms with Crippen molar-refractivity contribution in [3.8, 4) is 0 Å². The Morgan fingerprint density at radius 2 is 1.77 bits per heavy atom. The molecule has 1 saturated heterocycles. The maximum atomic E-state index is 11.5. The summed E-state index contributed by atoms with van der Waals surface area (Å²) in [7, 11) is 1.45. The number of esters is 1. The quantitative estimate of drug-likeness (QED) is 0.609. The molecular weight excluding hydrogens is 166 g/mol. The number of hydrogen-bond acceptors (Lipinski definition) is 3. The van der Waals surface area contributed by atoms with Crippen molar-refractivity contribution in [3.05, 3.63) is 0 Å². The fourth-order valence-corrected chi connectivity index (χ4v) is 1.83. The van der Waals surface area contributed by atoms with Crippen molar-refractivity contribution in [1.82, 2.24) is 4.90 Å². The van der Waals surface area contributed by atoms with E-state index in [9.17, 15) is 4.79 Å². The van der Waals surface area contributed by atoms with Crippen molar-refractivity contribution < 1.29 is 9.53 Å². The summed E-state index contributed by atoms with van der Waals surface area (Å²) in [6, 6.07) is 0. The van der Waals surface area contributed by atoms with Gasteiger partial charge in [-0.25, -0.2) is 0 Å². The van der Waals surface area contributed by atoms with E-state index in [1.54, 1.807) is 0 Å². The van der Waals surface area contributed by atoms with E-state index in [0.717, 1.165) is 13.1 Å². The molecule has 0 atom stereocenters. The Morgan fingerprint density at radius 3 is 2.23 bits per heavy atom. The number of carbonyl (C=O) groups is 1. The van der Waals surface area contributed by atoms with Crippen molar-refractivity contribution in [2.24, 2.45) is 0 Å². The van der Waals surface area contributed by atoms with Crippen molar-refractivity contribution in [1.29, 1.82) is 0 Å². The lowest BCUT2D eigenvalue weighted by atomic mass is 9.99. The molecule has 1 aliphatic heterocycles. The Labute approximate surface area is 80.1 Å². The average molecular weight is 185 g/mol. The van der Waals surface area contributed by atoms with E-state index in [4.69, 9.17) is 4.74 Å². The molecule has 1 rings (SSSR count). The molecule has 76 valence electrons. The van der Waals surface area contributed by atoms with Gasteiger partial charge in [-0.1, -0.05) is 6.42 Å². The van der Waals surface area contributed by atoms with Gasteiger partial charge >= 0.3 is 5.97 Å². The Hall–Kier alpha value is -0.570. The Bertz CT molecular complexity index is 183. The second kappa shape index (κ2) is 4.09. The highest BCUT2D eigenvalue weighted by Crippen LogP contribution is 2.21. The van der Waals surface area contributed by atoms with E-state index >= 15 is 0 Å². The van der Waals surface area contributed by atoms with Crippen LogP contribution in [0.25, 0.3) is 0 Å². The number of rotatable bonds is 2. The number of methoxy groups -OCH3 is 1. The van der Waals surface area contributed by atoms with Crippen molar-refractivity contribution in [3.63, 3.8) is 0 Å². The van der Waals surface area contributed by atoms with Crippen molar-refractivity contribution >= 4 is 5.97 Å². The molecule has 0 radical (unpaired) electrons. The standard InChI is InChI=1S/C10H19NO2/c1-10(2,9(12)13-3)11-7-5-4-6-8-11/h4-8H2,1-3H3. The number of hydrogen-bond donors (Lipinski definition) is 0. The second-order valence-electron chi connectivity index (χ2n) is 4.10. The van der Waals surface area contributed by atoms with E-state index in [0.29, 0.717) is 0 Å². The minimum Gasteiger partial charge on any atom is -0.468 e. The molecule has 1 aliphatic rings. The van der Waals surface area contributed by atoms with E-state index in [1.165, 1.54) is 26.4 Å². The number of nitrogens with zero attached hydrogens (tertiary/aromatic N) is 1. The maximum Gasteiger partial charge on any atom is 0.325 e. The second-order valence-corrected chi connectivity index (χ2v) is 4.10. The van der Waals surface area contributed by atoms with Gasteiger partial charge in [0.15, 0.2) is 0 Å². The van der Waals surface area contributed by atoms with E-state index in [1.807, 2.05) is 13.8 Å². The van der Waals surface area contributed by atoms with Gasteiger partial charge < -0.3 is 4.74 Å². The summed E-state index contributed by atoms with van der Waals surface area (Å²) < 4.78 is 4.79. The minimum atomic E-state index is -0.449. The molecule has 0 amide bonds. The summed E-state index contributed by atoms with van der Waals surface area (Å²) in [5.74, 6) is -0.130. The van der Waals surface area contributed by atoms with Crippen LogP contribution in [0.1, 0.15) is 33.1 Å². The average Bonchev–Trinajstić information content (AvgIpc) is 2.18. The van der Waals surface area contributed by atoms with Crippen LogP contribution in [-0.4, -0.2) is 36.6 Å². The van der Waals surface area contributed by atoms with Gasteiger partial charge in [-0.05, 0) is 39.8 Å². The van der Waals surface area contributed by atoms with Gasteiger partial charge in [0.05, 0.1) is 7.11 Å². The molecule has 0 aromatic heterocycles. The van der Waals surface area contributed by atoms with Gasteiger partial charge in [-0.2, -0.15) is 0 Å². The lowest BCUT2D eigenvalue weighted by Crippen LogP contribution is -2.52. The largest absolute Gasteiger partial charge is 0.468 e. The van der Waals surface area contributed by atoms with E-state index in [-0.39, 0.29) is 5.97 Å². The number of ether oxygens (including phenoxy) is 1. The molecule has 13 heavy (non-hydrogen) atoms. The first-order valence-corrected chi connectivity index (χ1v) is 4.92.